The first-order valence-electron chi connectivity index (χ1n) is 6.33. The lowest BCUT2D eigenvalue weighted by Crippen LogP contribution is -2.27. The summed E-state index contributed by atoms with van der Waals surface area (Å²) in [6.07, 6.45) is 0. The molecule has 1 aromatic rings. The molecule has 1 unspecified atom stereocenters. The average molecular weight is 285 g/mol. The molecule has 0 saturated carbocycles. The maximum Gasteiger partial charge on any atom is 0.238 e. The van der Waals surface area contributed by atoms with Gasteiger partial charge >= 0.3 is 0 Å². The number of benzene rings is 1. The zero-order valence-electron chi connectivity index (χ0n) is 11.7. The summed E-state index contributed by atoms with van der Waals surface area (Å²) in [5.74, 6) is 0.816. The first-order valence-corrected chi connectivity index (χ1v) is 7.87. The smallest absolute Gasteiger partial charge is 0.238 e. The van der Waals surface area contributed by atoms with Crippen molar-refractivity contribution < 1.29 is 8.42 Å². The highest BCUT2D eigenvalue weighted by Crippen LogP contribution is 2.20. The summed E-state index contributed by atoms with van der Waals surface area (Å²) in [6, 6.07) is 4.83. The van der Waals surface area contributed by atoms with Crippen LogP contribution in [0.5, 0.6) is 0 Å². The van der Waals surface area contributed by atoms with Crippen LogP contribution >= 0.6 is 0 Å². The molecule has 0 bridgehead atoms. The lowest BCUT2D eigenvalue weighted by atomic mass is 9.96. The molecule has 0 saturated heterocycles. The minimum atomic E-state index is -3.67. The van der Waals surface area contributed by atoms with Gasteiger partial charge in [0.15, 0.2) is 0 Å². The van der Waals surface area contributed by atoms with Gasteiger partial charge in [-0.25, -0.2) is 13.6 Å². The maximum atomic E-state index is 11.3. The Labute approximate surface area is 115 Å². The summed E-state index contributed by atoms with van der Waals surface area (Å²) >= 11 is 0. The molecule has 5 nitrogen and oxygen atoms in total. The fraction of sp³-hybridized carbons (Fsp3) is 0.538. The second-order valence-corrected chi connectivity index (χ2v) is 6.70. The zero-order valence-corrected chi connectivity index (χ0v) is 12.5. The van der Waals surface area contributed by atoms with Gasteiger partial charge in [-0.2, -0.15) is 0 Å². The fourth-order valence-electron chi connectivity index (χ4n) is 1.80. The van der Waals surface area contributed by atoms with Crippen LogP contribution in [0.25, 0.3) is 0 Å². The molecule has 108 valence electrons. The van der Waals surface area contributed by atoms with Crippen molar-refractivity contribution >= 4 is 15.7 Å². The molecular weight excluding hydrogens is 262 g/mol. The minimum absolute atomic E-state index is 0.120. The van der Waals surface area contributed by atoms with Gasteiger partial charge in [0.1, 0.15) is 0 Å². The first kappa shape index (κ1) is 15.9. The number of aryl methyl sites for hydroxylation is 1. The number of nitrogens with two attached hydrogens (primary N) is 2. The van der Waals surface area contributed by atoms with E-state index in [0.717, 1.165) is 11.3 Å². The first-order chi connectivity index (χ1) is 8.75. The number of hydrogen-bond donors (Lipinski definition) is 3. The third kappa shape index (κ3) is 4.49. The SMILES string of the molecule is Cc1ccc(S(N)(=O)=O)cc1NCC(CN)C(C)C. The molecule has 0 heterocycles. The van der Waals surface area contributed by atoms with Gasteiger partial charge in [-0.05, 0) is 43.0 Å². The molecule has 0 aliphatic rings. The number of hydrogen-bond acceptors (Lipinski definition) is 4. The molecule has 0 radical (unpaired) electrons. The Kier molecular flexibility index (Phi) is 5.34. The van der Waals surface area contributed by atoms with Gasteiger partial charge < -0.3 is 11.1 Å². The van der Waals surface area contributed by atoms with Crippen LogP contribution in [0.4, 0.5) is 5.69 Å². The second-order valence-electron chi connectivity index (χ2n) is 5.14. The standard InChI is InChI=1S/C13H23N3O2S/c1-9(2)11(7-14)8-16-13-6-12(19(15,17)18)5-4-10(13)3/h4-6,9,11,16H,7-8,14H2,1-3H3,(H2,15,17,18). The van der Waals surface area contributed by atoms with Crippen molar-refractivity contribution in [3.8, 4) is 0 Å². The van der Waals surface area contributed by atoms with Crippen molar-refractivity contribution in [1.82, 2.24) is 0 Å². The van der Waals surface area contributed by atoms with E-state index in [1.165, 1.54) is 6.07 Å². The lowest BCUT2D eigenvalue weighted by Gasteiger charge is -2.21. The molecule has 0 fully saturated rings. The minimum Gasteiger partial charge on any atom is -0.384 e. The number of primary sulfonamides is 1. The van der Waals surface area contributed by atoms with Crippen LogP contribution in [0.2, 0.25) is 0 Å². The van der Waals surface area contributed by atoms with Crippen molar-refractivity contribution in [2.24, 2.45) is 22.7 Å². The third-order valence-corrected chi connectivity index (χ3v) is 4.25. The summed E-state index contributed by atoms with van der Waals surface area (Å²) in [5, 5.41) is 8.39. The Morgan fingerprint density at radius 2 is 1.95 bits per heavy atom. The summed E-state index contributed by atoms with van der Waals surface area (Å²) in [6.45, 7) is 7.46. The van der Waals surface area contributed by atoms with Crippen LogP contribution in [0.15, 0.2) is 23.1 Å². The van der Waals surface area contributed by atoms with E-state index >= 15 is 0 Å². The van der Waals surface area contributed by atoms with Gasteiger partial charge in [0.2, 0.25) is 10.0 Å². The fourth-order valence-corrected chi connectivity index (χ4v) is 2.34. The topological polar surface area (TPSA) is 98.2 Å². The molecule has 0 amide bonds. The van der Waals surface area contributed by atoms with E-state index in [1.807, 2.05) is 6.92 Å². The molecule has 0 aliphatic heterocycles. The van der Waals surface area contributed by atoms with Crippen LogP contribution in [0.1, 0.15) is 19.4 Å². The Morgan fingerprint density at radius 3 is 2.42 bits per heavy atom. The van der Waals surface area contributed by atoms with Crippen LogP contribution in [-0.4, -0.2) is 21.5 Å². The van der Waals surface area contributed by atoms with E-state index < -0.39 is 10.0 Å². The Hall–Kier alpha value is -1.11. The summed E-state index contributed by atoms with van der Waals surface area (Å²) in [5.41, 5.74) is 7.48. The average Bonchev–Trinajstić information content (AvgIpc) is 2.30. The number of nitrogens with one attached hydrogen (secondary N) is 1. The van der Waals surface area contributed by atoms with Gasteiger partial charge in [-0.15, -0.1) is 0 Å². The summed E-state index contributed by atoms with van der Waals surface area (Å²) in [4.78, 5) is 0.120. The van der Waals surface area contributed by atoms with Gasteiger partial charge in [0.25, 0.3) is 0 Å². The number of anilines is 1. The maximum absolute atomic E-state index is 11.3. The third-order valence-electron chi connectivity index (χ3n) is 3.34. The van der Waals surface area contributed by atoms with Crippen molar-refractivity contribution in [2.45, 2.75) is 25.7 Å². The largest absolute Gasteiger partial charge is 0.384 e. The normalized spacial score (nSPS) is 13.6. The van der Waals surface area contributed by atoms with E-state index in [4.69, 9.17) is 10.9 Å². The van der Waals surface area contributed by atoms with E-state index in [2.05, 4.69) is 19.2 Å². The molecule has 1 rings (SSSR count). The molecular formula is C13H23N3O2S. The van der Waals surface area contributed by atoms with Crippen LogP contribution in [-0.2, 0) is 10.0 Å². The predicted molar refractivity (Wildman–Crippen MR) is 78.4 cm³/mol. The molecule has 0 aromatic heterocycles. The van der Waals surface area contributed by atoms with Crippen LogP contribution < -0.4 is 16.2 Å². The quantitative estimate of drug-likeness (QED) is 0.733. The van der Waals surface area contributed by atoms with Crippen LogP contribution in [0, 0.1) is 18.8 Å². The summed E-state index contributed by atoms with van der Waals surface area (Å²) in [7, 11) is -3.67. The monoisotopic (exact) mass is 285 g/mol. The molecule has 1 atom stereocenters. The van der Waals surface area contributed by atoms with E-state index in [1.54, 1.807) is 12.1 Å². The zero-order chi connectivity index (χ0) is 14.6. The number of rotatable bonds is 6. The van der Waals surface area contributed by atoms with Gasteiger partial charge in [-0.3, -0.25) is 0 Å². The molecule has 5 N–H and O–H groups in total. The number of sulfonamides is 1. The van der Waals surface area contributed by atoms with E-state index in [0.29, 0.717) is 24.9 Å². The van der Waals surface area contributed by atoms with Gasteiger partial charge in [-0.1, -0.05) is 19.9 Å². The van der Waals surface area contributed by atoms with E-state index in [-0.39, 0.29) is 4.90 Å². The molecule has 0 aliphatic carbocycles. The van der Waals surface area contributed by atoms with Crippen molar-refractivity contribution in [3.05, 3.63) is 23.8 Å². The lowest BCUT2D eigenvalue weighted by molar-refractivity contribution is 0.413. The van der Waals surface area contributed by atoms with Crippen molar-refractivity contribution in [2.75, 3.05) is 18.4 Å². The highest BCUT2D eigenvalue weighted by atomic mass is 32.2. The van der Waals surface area contributed by atoms with Gasteiger partial charge in [0.05, 0.1) is 4.90 Å². The molecule has 0 spiro atoms. The predicted octanol–water partition coefficient (Wildman–Crippen LogP) is 1.29. The molecule has 6 heteroatoms. The van der Waals surface area contributed by atoms with Crippen molar-refractivity contribution in [3.63, 3.8) is 0 Å². The summed E-state index contributed by atoms with van der Waals surface area (Å²) < 4.78 is 22.7. The van der Waals surface area contributed by atoms with Crippen molar-refractivity contribution in [1.29, 1.82) is 0 Å². The van der Waals surface area contributed by atoms with E-state index in [9.17, 15) is 8.42 Å². The highest BCUT2D eigenvalue weighted by Gasteiger charge is 2.13. The van der Waals surface area contributed by atoms with Gasteiger partial charge in [0, 0.05) is 12.2 Å². The highest BCUT2D eigenvalue weighted by molar-refractivity contribution is 7.89. The molecule has 1 aromatic carbocycles. The Morgan fingerprint density at radius 1 is 1.32 bits per heavy atom. The van der Waals surface area contributed by atoms with Crippen LogP contribution in [0.3, 0.4) is 0 Å². The second kappa shape index (κ2) is 6.36. The Balaban J connectivity index is 2.89. The molecule has 19 heavy (non-hydrogen) atoms. The Bertz CT molecular complexity index is 527.